The van der Waals surface area contributed by atoms with E-state index >= 15 is 0 Å². The number of hydrogen-bond acceptors (Lipinski definition) is 4. The number of guanidine groups is 1. The Morgan fingerprint density at radius 1 is 1.28 bits per heavy atom. The third kappa shape index (κ3) is 6.23. The van der Waals surface area contributed by atoms with Crippen LogP contribution >= 0.6 is 0 Å². The molecule has 1 aromatic carbocycles. The quantitative estimate of drug-likeness (QED) is 0.576. The Kier molecular flexibility index (Phi) is 7.49. The van der Waals surface area contributed by atoms with Crippen LogP contribution in [-0.4, -0.2) is 59.5 Å². The van der Waals surface area contributed by atoms with Crippen molar-refractivity contribution in [3.05, 3.63) is 53.9 Å². The lowest BCUT2D eigenvalue weighted by Crippen LogP contribution is -2.49. The van der Waals surface area contributed by atoms with E-state index in [0.29, 0.717) is 26.2 Å². The first kappa shape index (κ1) is 20.7. The number of nitrogens with zero attached hydrogens (tertiary/aromatic N) is 4. The monoisotopic (exact) mass is 398 g/mol. The number of likely N-dealkylation sites (tertiary alicyclic amines) is 1. The van der Waals surface area contributed by atoms with Gasteiger partial charge in [-0.05, 0) is 37.0 Å². The lowest BCUT2D eigenvalue weighted by atomic mass is 10.1. The van der Waals surface area contributed by atoms with E-state index in [9.17, 15) is 4.79 Å². The van der Waals surface area contributed by atoms with Gasteiger partial charge in [0, 0.05) is 45.1 Å². The molecule has 0 bridgehead atoms. The van der Waals surface area contributed by atoms with E-state index < -0.39 is 0 Å². The standard InChI is InChI=1S/C21H30N6O2/c1-3-29-21(28)26-12-8-19(9-13-26)25-20(22-2)23-15-17-6-4-7-18(14-17)16-27-11-5-10-24-27/h4-7,10-11,14,19H,3,8-9,12-13,15-16H2,1-2H3,(H2,22,23,25). The number of amides is 1. The molecule has 2 heterocycles. The maximum Gasteiger partial charge on any atom is 0.409 e. The molecule has 1 aliphatic heterocycles. The lowest BCUT2D eigenvalue weighted by Gasteiger charge is -2.32. The molecule has 1 saturated heterocycles. The van der Waals surface area contributed by atoms with Gasteiger partial charge in [-0.2, -0.15) is 5.10 Å². The van der Waals surface area contributed by atoms with Gasteiger partial charge < -0.3 is 20.3 Å². The van der Waals surface area contributed by atoms with Crippen molar-refractivity contribution in [3.8, 4) is 0 Å². The number of hydrogen-bond donors (Lipinski definition) is 2. The molecule has 1 fully saturated rings. The molecule has 2 N–H and O–H groups in total. The highest BCUT2D eigenvalue weighted by Gasteiger charge is 2.23. The summed E-state index contributed by atoms with van der Waals surface area (Å²) < 4.78 is 6.99. The number of carbonyl (C=O) groups excluding carboxylic acids is 1. The molecule has 1 amide bonds. The van der Waals surface area contributed by atoms with E-state index in [-0.39, 0.29) is 12.1 Å². The number of carbonyl (C=O) groups is 1. The molecule has 2 aromatic rings. The van der Waals surface area contributed by atoms with Crippen molar-refractivity contribution < 1.29 is 9.53 Å². The van der Waals surface area contributed by atoms with Gasteiger partial charge in [0.15, 0.2) is 5.96 Å². The van der Waals surface area contributed by atoms with Gasteiger partial charge in [0.05, 0.1) is 13.2 Å². The maximum atomic E-state index is 11.8. The molecule has 1 aliphatic rings. The van der Waals surface area contributed by atoms with E-state index in [1.807, 2.05) is 23.9 Å². The largest absolute Gasteiger partial charge is 0.450 e. The van der Waals surface area contributed by atoms with Crippen LogP contribution in [0.3, 0.4) is 0 Å². The fourth-order valence-corrected chi connectivity index (χ4v) is 3.41. The van der Waals surface area contributed by atoms with Gasteiger partial charge in [0.1, 0.15) is 0 Å². The summed E-state index contributed by atoms with van der Waals surface area (Å²) in [6.45, 7) is 5.08. The summed E-state index contributed by atoms with van der Waals surface area (Å²) in [5, 5.41) is 11.1. The number of piperidine rings is 1. The highest BCUT2D eigenvalue weighted by Crippen LogP contribution is 2.12. The van der Waals surface area contributed by atoms with Gasteiger partial charge in [-0.1, -0.05) is 24.3 Å². The van der Waals surface area contributed by atoms with Gasteiger partial charge >= 0.3 is 6.09 Å². The van der Waals surface area contributed by atoms with Crippen LogP contribution in [-0.2, 0) is 17.8 Å². The Labute approximate surface area is 171 Å². The first-order valence-corrected chi connectivity index (χ1v) is 10.1. The Morgan fingerprint density at radius 2 is 2.07 bits per heavy atom. The van der Waals surface area contributed by atoms with Crippen molar-refractivity contribution in [1.82, 2.24) is 25.3 Å². The number of benzene rings is 1. The third-order valence-corrected chi connectivity index (χ3v) is 4.94. The first-order chi connectivity index (χ1) is 14.2. The van der Waals surface area contributed by atoms with Crippen LogP contribution in [0.2, 0.25) is 0 Å². The Morgan fingerprint density at radius 3 is 2.76 bits per heavy atom. The van der Waals surface area contributed by atoms with Crippen LogP contribution < -0.4 is 10.6 Å². The molecule has 0 unspecified atom stereocenters. The summed E-state index contributed by atoms with van der Waals surface area (Å²) in [6, 6.07) is 10.7. The van der Waals surface area contributed by atoms with E-state index in [2.05, 4.69) is 45.0 Å². The molecule has 0 aliphatic carbocycles. The highest BCUT2D eigenvalue weighted by atomic mass is 16.6. The van der Waals surface area contributed by atoms with E-state index in [4.69, 9.17) is 4.74 Å². The van der Waals surface area contributed by atoms with Gasteiger partial charge in [0.25, 0.3) is 0 Å². The van der Waals surface area contributed by atoms with Gasteiger partial charge in [-0.15, -0.1) is 0 Å². The van der Waals surface area contributed by atoms with Crippen molar-refractivity contribution in [2.24, 2.45) is 4.99 Å². The van der Waals surface area contributed by atoms with E-state index in [1.54, 1.807) is 18.1 Å². The minimum Gasteiger partial charge on any atom is -0.450 e. The molecule has 8 nitrogen and oxygen atoms in total. The summed E-state index contributed by atoms with van der Waals surface area (Å²) in [5.74, 6) is 0.775. The average Bonchev–Trinajstić information content (AvgIpc) is 3.25. The maximum absolute atomic E-state index is 11.8. The zero-order chi connectivity index (χ0) is 20.5. The van der Waals surface area contributed by atoms with E-state index in [0.717, 1.165) is 25.3 Å². The lowest BCUT2D eigenvalue weighted by molar-refractivity contribution is 0.0963. The van der Waals surface area contributed by atoms with Gasteiger partial charge in [-0.3, -0.25) is 9.67 Å². The minimum absolute atomic E-state index is 0.219. The molecule has 0 saturated carbocycles. The predicted octanol–water partition coefficient (Wildman–Crippen LogP) is 2.22. The number of ether oxygens (including phenoxy) is 1. The van der Waals surface area contributed by atoms with Crippen molar-refractivity contribution in [2.45, 2.75) is 38.9 Å². The second kappa shape index (κ2) is 10.5. The molecule has 29 heavy (non-hydrogen) atoms. The third-order valence-electron chi connectivity index (χ3n) is 4.94. The number of nitrogens with one attached hydrogen (secondary N) is 2. The Balaban J connectivity index is 1.46. The zero-order valence-corrected chi connectivity index (χ0v) is 17.2. The molecule has 1 aromatic heterocycles. The van der Waals surface area contributed by atoms with Crippen molar-refractivity contribution in [1.29, 1.82) is 0 Å². The second-order valence-electron chi connectivity index (χ2n) is 7.05. The smallest absolute Gasteiger partial charge is 0.409 e. The van der Waals surface area contributed by atoms with Crippen LogP contribution in [0.15, 0.2) is 47.7 Å². The zero-order valence-electron chi connectivity index (χ0n) is 17.2. The highest BCUT2D eigenvalue weighted by molar-refractivity contribution is 5.80. The molecular weight excluding hydrogens is 368 g/mol. The summed E-state index contributed by atoms with van der Waals surface area (Å²) in [6.07, 6.45) is 5.28. The molecule has 0 radical (unpaired) electrons. The molecule has 156 valence electrons. The molecular formula is C21H30N6O2. The topological polar surface area (TPSA) is 83.8 Å². The van der Waals surface area contributed by atoms with Gasteiger partial charge in [-0.25, -0.2) is 4.79 Å². The second-order valence-corrected chi connectivity index (χ2v) is 7.05. The number of aromatic nitrogens is 2. The first-order valence-electron chi connectivity index (χ1n) is 10.1. The molecule has 0 atom stereocenters. The Hall–Kier alpha value is -3.03. The Bertz CT molecular complexity index is 797. The van der Waals surface area contributed by atoms with Gasteiger partial charge in [0.2, 0.25) is 0 Å². The minimum atomic E-state index is -0.219. The molecule has 3 rings (SSSR count). The summed E-state index contributed by atoms with van der Waals surface area (Å²) in [4.78, 5) is 17.9. The van der Waals surface area contributed by atoms with E-state index in [1.165, 1.54) is 11.1 Å². The van der Waals surface area contributed by atoms with Crippen molar-refractivity contribution >= 4 is 12.1 Å². The summed E-state index contributed by atoms with van der Waals surface area (Å²) in [5.41, 5.74) is 2.40. The van der Waals surface area contributed by atoms with Crippen LogP contribution in [0.25, 0.3) is 0 Å². The van der Waals surface area contributed by atoms with Crippen molar-refractivity contribution in [2.75, 3.05) is 26.7 Å². The summed E-state index contributed by atoms with van der Waals surface area (Å²) >= 11 is 0. The number of aliphatic imine (C=N–C) groups is 1. The average molecular weight is 399 g/mol. The predicted molar refractivity (Wildman–Crippen MR) is 113 cm³/mol. The SMILES string of the molecule is CCOC(=O)N1CCC(NC(=NC)NCc2cccc(Cn3cccn3)c2)CC1. The fourth-order valence-electron chi connectivity index (χ4n) is 3.41. The van der Waals surface area contributed by atoms with Crippen LogP contribution in [0, 0.1) is 0 Å². The normalized spacial score (nSPS) is 15.2. The van der Waals surface area contributed by atoms with Crippen LogP contribution in [0.4, 0.5) is 4.79 Å². The molecule has 0 spiro atoms. The van der Waals surface area contributed by atoms with Crippen molar-refractivity contribution in [3.63, 3.8) is 0 Å². The summed E-state index contributed by atoms with van der Waals surface area (Å²) in [7, 11) is 1.78. The fraction of sp³-hybridized carbons (Fsp3) is 0.476. The number of rotatable bonds is 6. The van der Waals surface area contributed by atoms with Crippen LogP contribution in [0.5, 0.6) is 0 Å². The molecule has 8 heteroatoms. The van der Waals surface area contributed by atoms with Crippen LogP contribution in [0.1, 0.15) is 30.9 Å².